The Morgan fingerprint density at radius 1 is 1.04 bits per heavy atom. The molecule has 0 radical (unpaired) electrons. The second-order valence-corrected chi connectivity index (χ2v) is 7.61. The molecule has 0 bridgehead atoms. The molecule has 1 fully saturated rings. The van der Waals surface area contributed by atoms with Crippen LogP contribution in [0.1, 0.15) is 29.7 Å². The number of aromatic nitrogens is 1. The van der Waals surface area contributed by atoms with Gasteiger partial charge in [0.15, 0.2) is 11.5 Å². The molecule has 1 aliphatic carbocycles. The van der Waals surface area contributed by atoms with Crippen LogP contribution in [-0.2, 0) is 16.6 Å². The lowest BCUT2D eigenvalue weighted by molar-refractivity contribution is -0.120. The molecule has 0 atom stereocenters. The molecular weight excluding hydrogens is 350 g/mol. The van der Waals surface area contributed by atoms with Crippen molar-refractivity contribution < 1.29 is 14.3 Å². The Morgan fingerprint density at radius 2 is 1.82 bits per heavy atom. The number of fused-ring (bicyclic) bond motifs is 1. The highest BCUT2D eigenvalue weighted by Gasteiger charge is 2.50. The van der Waals surface area contributed by atoms with Crippen molar-refractivity contribution in [1.29, 1.82) is 0 Å². The smallest absolute Gasteiger partial charge is 0.231 e. The number of rotatable bonds is 5. The summed E-state index contributed by atoms with van der Waals surface area (Å²) in [7, 11) is 0. The number of ketones is 1. The Morgan fingerprint density at radius 3 is 2.57 bits per heavy atom. The van der Waals surface area contributed by atoms with Crippen molar-refractivity contribution in [2.75, 3.05) is 6.79 Å². The van der Waals surface area contributed by atoms with Gasteiger partial charge in [0.05, 0.1) is 5.41 Å². The molecule has 140 valence electrons. The summed E-state index contributed by atoms with van der Waals surface area (Å²) in [5.74, 6) is 1.71. The summed E-state index contributed by atoms with van der Waals surface area (Å²) in [4.78, 5) is 17.7. The molecule has 5 rings (SSSR count). The maximum atomic E-state index is 13.2. The summed E-state index contributed by atoms with van der Waals surface area (Å²) in [6.07, 6.45) is 4.00. The highest BCUT2D eigenvalue weighted by Crippen LogP contribution is 2.51. The lowest BCUT2D eigenvalue weighted by Crippen LogP contribution is -2.23. The van der Waals surface area contributed by atoms with E-state index in [1.807, 2.05) is 48.7 Å². The van der Waals surface area contributed by atoms with E-state index >= 15 is 0 Å². The SMILES string of the molecule is Cc1cc(CC(=O)C2(c3ccc4c(c3)OCO4)CC2)ncc1-c1ccccc1. The van der Waals surface area contributed by atoms with Crippen molar-refractivity contribution in [2.24, 2.45) is 0 Å². The summed E-state index contributed by atoms with van der Waals surface area (Å²) in [6.45, 7) is 2.32. The average molecular weight is 371 g/mol. The average Bonchev–Trinajstić information content (AvgIpc) is 3.40. The quantitative estimate of drug-likeness (QED) is 0.656. The fraction of sp³-hybridized carbons (Fsp3) is 0.250. The predicted octanol–water partition coefficient (Wildman–Crippen LogP) is 4.63. The fourth-order valence-corrected chi connectivity index (χ4v) is 4.01. The summed E-state index contributed by atoms with van der Waals surface area (Å²) < 4.78 is 10.9. The topological polar surface area (TPSA) is 48.4 Å². The Balaban J connectivity index is 1.38. The van der Waals surface area contributed by atoms with E-state index < -0.39 is 5.41 Å². The number of pyridine rings is 1. The molecule has 0 N–H and O–H groups in total. The molecule has 2 aliphatic rings. The predicted molar refractivity (Wildman–Crippen MR) is 107 cm³/mol. The third kappa shape index (κ3) is 2.85. The molecule has 1 aliphatic heterocycles. The highest BCUT2D eigenvalue weighted by molar-refractivity contribution is 5.94. The molecule has 1 aromatic heterocycles. The van der Waals surface area contributed by atoms with E-state index in [1.54, 1.807) is 0 Å². The van der Waals surface area contributed by atoms with E-state index in [1.165, 1.54) is 0 Å². The molecule has 0 saturated heterocycles. The second-order valence-electron chi connectivity index (χ2n) is 7.61. The number of hydrogen-bond acceptors (Lipinski definition) is 4. The number of carbonyl (C=O) groups is 1. The standard InChI is InChI=1S/C24H21NO3/c1-16-11-19(25-14-20(16)17-5-3-2-4-6-17)13-23(26)24(9-10-24)18-7-8-21-22(12-18)28-15-27-21/h2-8,11-12,14H,9-10,13,15H2,1H3. The molecule has 0 spiro atoms. The Labute approximate surface area is 164 Å². The lowest BCUT2D eigenvalue weighted by atomic mass is 9.88. The van der Waals surface area contributed by atoms with Gasteiger partial charge in [0.1, 0.15) is 5.78 Å². The molecule has 28 heavy (non-hydrogen) atoms. The summed E-state index contributed by atoms with van der Waals surface area (Å²) >= 11 is 0. The third-order valence-electron chi connectivity index (χ3n) is 5.80. The molecule has 2 aromatic carbocycles. The summed E-state index contributed by atoms with van der Waals surface area (Å²) in [5.41, 5.74) is 4.85. The first-order valence-electron chi connectivity index (χ1n) is 9.60. The number of carbonyl (C=O) groups excluding carboxylic acids is 1. The van der Waals surface area contributed by atoms with Crippen molar-refractivity contribution in [3.05, 3.63) is 77.6 Å². The molecular formula is C24H21NO3. The maximum Gasteiger partial charge on any atom is 0.231 e. The van der Waals surface area contributed by atoms with Gasteiger partial charge in [-0.1, -0.05) is 36.4 Å². The van der Waals surface area contributed by atoms with Crippen molar-refractivity contribution >= 4 is 5.78 Å². The number of nitrogens with zero attached hydrogens (tertiary/aromatic N) is 1. The Bertz CT molecular complexity index is 1050. The van der Waals surface area contributed by atoms with Crippen LogP contribution in [0, 0.1) is 6.92 Å². The number of aryl methyl sites for hydroxylation is 1. The van der Waals surface area contributed by atoms with Gasteiger partial charge in [-0.2, -0.15) is 0 Å². The first-order valence-corrected chi connectivity index (χ1v) is 9.60. The third-order valence-corrected chi connectivity index (χ3v) is 5.80. The van der Waals surface area contributed by atoms with E-state index in [0.717, 1.165) is 52.3 Å². The molecule has 4 nitrogen and oxygen atoms in total. The van der Waals surface area contributed by atoms with Crippen LogP contribution in [0.3, 0.4) is 0 Å². The van der Waals surface area contributed by atoms with E-state index in [-0.39, 0.29) is 12.6 Å². The van der Waals surface area contributed by atoms with Crippen LogP contribution in [0.15, 0.2) is 60.8 Å². The first-order chi connectivity index (χ1) is 13.7. The maximum absolute atomic E-state index is 13.2. The highest BCUT2D eigenvalue weighted by atomic mass is 16.7. The zero-order valence-electron chi connectivity index (χ0n) is 15.8. The van der Waals surface area contributed by atoms with Gasteiger partial charge in [0.25, 0.3) is 0 Å². The van der Waals surface area contributed by atoms with E-state index in [2.05, 4.69) is 24.0 Å². The summed E-state index contributed by atoms with van der Waals surface area (Å²) in [5, 5.41) is 0. The van der Waals surface area contributed by atoms with Crippen molar-refractivity contribution in [3.63, 3.8) is 0 Å². The van der Waals surface area contributed by atoms with Crippen molar-refractivity contribution in [3.8, 4) is 22.6 Å². The van der Waals surface area contributed by atoms with Gasteiger partial charge < -0.3 is 9.47 Å². The van der Waals surface area contributed by atoms with Gasteiger partial charge >= 0.3 is 0 Å². The zero-order valence-corrected chi connectivity index (χ0v) is 15.8. The summed E-state index contributed by atoms with van der Waals surface area (Å²) in [6, 6.07) is 18.1. The van der Waals surface area contributed by atoms with Crippen LogP contribution >= 0.6 is 0 Å². The molecule has 0 amide bonds. The lowest BCUT2D eigenvalue weighted by Gasteiger charge is -2.15. The molecule has 3 aromatic rings. The molecule has 1 saturated carbocycles. The van der Waals surface area contributed by atoms with E-state index in [4.69, 9.17) is 9.47 Å². The normalized spacial score (nSPS) is 16.0. The second kappa shape index (κ2) is 6.48. The van der Waals surface area contributed by atoms with Gasteiger partial charge in [0, 0.05) is 23.9 Å². The van der Waals surface area contributed by atoms with Crippen LogP contribution in [0.5, 0.6) is 11.5 Å². The van der Waals surface area contributed by atoms with Crippen LogP contribution in [0.25, 0.3) is 11.1 Å². The monoisotopic (exact) mass is 371 g/mol. The van der Waals surface area contributed by atoms with Gasteiger partial charge in [0.2, 0.25) is 6.79 Å². The largest absolute Gasteiger partial charge is 0.454 e. The molecule has 4 heteroatoms. The zero-order chi connectivity index (χ0) is 19.1. The van der Waals surface area contributed by atoms with Crippen LogP contribution < -0.4 is 9.47 Å². The number of Topliss-reactive ketones (excluding diaryl/α,β-unsaturated/α-hetero) is 1. The Kier molecular flexibility index (Phi) is 3.93. The first kappa shape index (κ1) is 17.0. The van der Waals surface area contributed by atoms with Gasteiger partial charge in [-0.3, -0.25) is 9.78 Å². The number of hydrogen-bond donors (Lipinski definition) is 0. The number of ether oxygens (including phenoxy) is 2. The fourth-order valence-electron chi connectivity index (χ4n) is 4.01. The van der Waals surface area contributed by atoms with E-state index in [0.29, 0.717) is 6.42 Å². The minimum Gasteiger partial charge on any atom is -0.454 e. The van der Waals surface area contributed by atoms with Crippen molar-refractivity contribution in [2.45, 2.75) is 31.6 Å². The van der Waals surface area contributed by atoms with Crippen LogP contribution in [-0.4, -0.2) is 17.6 Å². The van der Waals surface area contributed by atoms with Crippen molar-refractivity contribution in [1.82, 2.24) is 4.98 Å². The minimum absolute atomic E-state index is 0.228. The van der Waals surface area contributed by atoms with E-state index in [9.17, 15) is 4.79 Å². The van der Waals surface area contributed by atoms with Crippen LogP contribution in [0.4, 0.5) is 0 Å². The van der Waals surface area contributed by atoms with Gasteiger partial charge in [-0.15, -0.1) is 0 Å². The van der Waals surface area contributed by atoms with Gasteiger partial charge in [-0.05, 0) is 54.7 Å². The molecule has 2 heterocycles. The Hall–Kier alpha value is -3.14. The van der Waals surface area contributed by atoms with Gasteiger partial charge in [-0.25, -0.2) is 0 Å². The minimum atomic E-state index is -0.394. The van der Waals surface area contributed by atoms with Crippen LogP contribution in [0.2, 0.25) is 0 Å². The number of benzene rings is 2. The molecule has 0 unspecified atom stereocenters.